The highest BCUT2D eigenvalue weighted by Gasteiger charge is 2.33. The standard InChI is InChI=1S/C13H24N2O/c1-2-3-6-14-13(16)9-10-7-11-4-5-12(8-10)15-11/h10-12,15H,2-9H2,1H3,(H,14,16). The predicted octanol–water partition coefficient (Wildman–Crippen LogP) is 1.82. The molecular weight excluding hydrogens is 200 g/mol. The van der Waals surface area contributed by atoms with Crippen LogP contribution in [0.15, 0.2) is 0 Å². The second-order valence-electron chi connectivity index (χ2n) is 5.38. The average Bonchev–Trinajstić information content (AvgIpc) is 2.58. The number of carbonyl (C=O) groups is 1. The van der Waals surface area contributed by atoms with Crippen LogP contribution >= 0.6 is 0 Å². The fraction of sp³-hybridized carbons (Fsp3) is 0.923. The Balaban J connectivity index is 1.67. The highest BCUT2D eigenvalue weighted by atomic mass is 16.1. The number of amides is 1. The van der Waals surface area contributed by atoms with Crippen molar-refractivity contribution in [2.75, 3.05) is 6.54 Å². The Kier molecular flexibility index (Phi) is 4.22. The molecule has 2 aliphatic heterocycles. The van der Waals surface area contributed by atoms with E-state index in [4.69, 9.17) is 0 Å². The first kappa shape index (κ1) is 11.9. The molecule has 92 valence electrons. The second-order valence-corrected chi connectivity index (χ2v) is 5.38. The van der Waals surface area contributed by atoms with Gasteiger partial charge in [-0.2, -0.15) is 0 Å². The fourth-order valence-electron chi connectivity index (χ4n) is 3.08. The van der Waals surface area contributed by atoms with Crippen LogP contribution in [0.25, 0.3) is 0 Å². The molecule has 0 aliphatic carbocycles. The fourth-order valence-corrected chi connectivity index (χ4v) is 3.08. The summed E-state index contributed by atoms with van der Waals surface area (Å²) >= 11 is 0. The number of hydrogen-bond acceptors (Lipinski definition) is 2. The van der Waals surface area contributed by atoms with Gasteiger partial charge in [0.15, 0.2) is 0 Å². The third kappa shape index (κ3) is 3.21. The average molecular weight is 224 g/mol. The van der Waals surface area contributed by atoms with Gasteiger partial charge in [0.05, 0.1) is 0 Å². The minimum atomic E-state index is 0.264. The van der Waals surface area contributed by atoms with Gasteiger partial charge in [0.1, 0.15) is 0 Å². The first-order valence-electron chi connectivity index (χ1n) is 6.80. The first-order chi connectivity index (χ1) is 7.78. The third-order valence-electron chi connectivity index (χ3n) is 3.90. The van der Waals surface area contributed by atoms with Crippen molar-refractivity contribution in [1.82, 2.24) is 10.6 Å². The molecule has 2 N–H and O–H groups in total. The molecule has 2 saturated heterocycles. The molecule has 3 nitrogen and oxygen atoms in total. The number of fused-ring (bicyclic) bond motifs is 2. The lowest BCUT2D eigenvalue weighted by molar-refractivity contribution is -0.122. The maximum atomic E-state index is 11.7. The molecule has 2 bridgehead atoms. The SMILES string of the molecule is CCCCNC(=O)CC1CC2CCC(C1)N2. The molecule has 2 heterocycles. The van der Waals surface area contributed by atoms with Gasteiger partial charge in [-0.25, -0.2) is 0 Å². The minimum Gasteiger partial charge on any atom is -0.356 e. The molecule has 0 saturated carbocycles. The Labute approximate surface area is 98.4 Å². The van der Waals surface area contributed by atoms with Crippen LogP contribution in [0.4, 0.5) is 0 Å². The summed E-state index contributed by atoms with van der Waals surface area (Å²) < 4.78 is 0. The van der Waals surface area contributed by atoms with Crippen molar-refractivity contribution in [2.24, 2.45) is 5.92 Å². The molecule has 3 heteroatoms. The van der Waals surface area contributed by atoms with Gasteiger partial charge >= 0.3 is 0 Å². The summed E-state index contributed by atoms with van der Waals surface area (Å²) in [5, 5.41) is 6.64. The maximum Gasteiger partial charge on any atom is 0.220 e. The van der Waals surface area contributed by atoms with Crippen molar-refractivity contribution >= 4 is 5.91 Å². The van der Waals surface area contributed by atoms with Crippen molar-refractivity contribution < 1.29 is 4.79 Å². The van der Waals surface area contributed by atoms with Crippen molar-refractivity contribution in [3.05, 3.63) is 0 Å². The van der Waals surface area contributed by atoms with Crippen molar-refractivity contribution in [1.29, 1.82) is 0 Å². The highest BCUT2D eigenvalue weighted by Crippen LogP contribution is 2.32. The summed E-state index contributed by atoms with van der Waals surface area (Å²) in [5.41, 5.74) is 0. The van der Waals surface area contributed by atoms with Crippen molar-refractivity contribution in [3.8, 4) is 0 Å². The van der Waals surface area contributed by atoms with E-state index in [1.165, 1.54) is 25.7 Å². The van der Waals surface area contributed by atoms with Crippen molar-refractivity contribution in [3.63, 3.8) is 0 Å². The largest absolute Gasteiger partial charge is 0.356 e. The van der Waals surface area contributed by atoms with Crippen LogP contribution in [0.5, 0.6) is 0 Å². The summed E-state index contributed by atoms with van der Waals surface area (Å²) in [6, 6.07) is 1.40. The summed E-state index contributed by atoms with van der Waals surface area (Å²) in [5.74, 6) is 0.889. The highest BCUT2D eigenvalue weighted by molar-refractivity contribution is 5.76. The first-order valence-corrected chi connectivity index (χ1v) is 6.80. The van der Waals surface area contributed by atoms with Crippen molar-refractivity contribution in [2.45, 2.75) is 64.0 Å². The van der Waals surface area contributed by atoms with Gasteiger partial charge in [-0.05, 0) is 38.0 Å². The summed E-state index contributed by atoms with van der Waals surface area (Å²) in [7, 11) is 0. The Morgan fingerprint density at radius 2 is 2.00 bits per heavy atom. The number of nitrogens with one attached hydrogen (secondary N) is 2. The zero-order valence-electron chi connectivity index (χ0n) is 10.3. The molecule has 0 spiro atoms. The van der Waals surface area contributed by atoms with Gasteiger partial charge in [0, 0.05) is 25.0 Å². The number of unbranched alkanes of at least 4 members (excludes halogenated alkanes) is 1. The molecule has 0 aromatic carbocycles. The van der Waals surface area contributed by atoms with Crippen LogP contribution in [0.2, 0.25) is 0 Å². The van der Waals surface area contributed by atoms with Crippen LogP contribution in [-0.4, -0.2) is 24.5 Å². The van der Waals surface area contributed by atoms with Gasteiger partial charge in [-0.1, -0.05) is 13.3 Å². The molecule has 2 atom stereocenters. The Bertz CT molecular complexity index is 230. The molecule has 16 heavy (non-hydrogen) atoms. The Morgan fingerprint density at radius 3 is 2.62 bits per heavy atom. The number of rotatable bonds is 5. The van der Waals surface area contributed by atoms with Gasteiger partial charge in [-0.3, -0.25) is 4.79 Å². The van der Waals surface area contributed by atoms with Gasteiger partial charge in [0.25, 0.3) is 0 Å². The van der Waals surface area contributed by atoms with E-state index in [0.29, 0.717) is 18.0 Å². The number of piperidine rings is 1. The molecule has 0 aromatic heterocycles. The van der Waals surface area contributed by atoms with E-state index < -0.39 is 0 Å². The van der Waals surface area contributed by atoms with E-state index in [2.05, 4.69) is 17.6 Å². The van der Waals surface area contributed by atoms with Crippen LogP contribution in [-0.2, 0) is 4.79 Å². The van der Waals surface area contributed by atoms with Crippen LogP contribution in [0.3, 0.4) is 0 Å². The summed E-state index contributed by atoms with van der Waals surface area (Å²) in [4.78, 5) is 11.7. The molecule has 0 radical (unpaired) electrons. The lowest BCUT2D eigenvalue weighted by atomic mass is 9.89. The molecule has 1 amide bonds. The lowest BCUT2D eigenvalue weighted by Crippen LogP contribution is -2.39. The topological polar surface area (TPSA) is 41.1 Å². The monoisotopic (exact) mass is 224 g/mol. The Hall–Kier alpha value is -0.570. The van der Waals surface area contributed by atoms with E-state index in [1.807, 2.05) is 0 Å². The zero-order chi connectivity index (χ0) is 11.4. The molecule has 2 fully saturated rings. The Morgan fingerprint density at radius 1 is 1.31 bits per heavy atom. The lowest BCUT2D eigenvalue weighted by Gasteiger charge is -2.28. The summed E-state index contributed by atoms with van der Waals surface area (Å²) in [6.07, 6.45) is 8.05. The summed E-state index contributed by atoms with van der Waals surface area (Å²) in [6.45, 7) is 3.00. The molecule has 2 unspecified atom stereocenters. The van der Waals surface area contributed by atoms with Crippen LogP contribution < -0.4 is 10.6 Å². The smallest absolute Gasteiger partial charge is 0.220 e. The number of carbonyl (C=O) groups excluding carboxylic acids is 1. The molecular formula is C13H24N2O. The van der Waals surface area contributed by atoms with Gasteiger partial charge in [-0.15, -0.1) is 0 Å². The van der Waals surface area contributed by atoms with E-state index in [0.717, 1.165) is 25.8 Å². The molecule has 2 rings (SSSR count). The molecule has 2 aliphatic rings. The van der Waals surface area contributed by atoms with Crippen LogP contribution in [0.1, 0.15) is 51.9 Å². The zero-order valence-corrected chi connectivity index (χ0v) is 10.3. The maximum absolute atomic E-state index is 11.7. The van der Waals surface area contributed by atoms with E-state index >= 15 is 0 Å². The van der Waals surface area contributed by atoms with E-state index in [-0.39, 0.29) is 5.91 Å². The molecule has 0 aromatic rings. The van der Waals surface area contributed by atoms with E-state index in [1.54, 1.807) is 0 Å². The minimum absolute atomic E-state index is 0.264. The van der Waals surface area contributed by atoms with Gasteiger partial charge < -0.3 is 10.6 Å². The third-order valence-corrected chi connectivity index (χ3v) is 3.90. The van der Waals surface area contributed by atoms with Crippen LogP contribution in [0, 0.1) is 5.92 Å². The normalized spacial score (nSPS) is 32.7. The second kappa shape index (κ2) is 5.67. The van der Waals surface area contributed by atoms with Gasteiger partial charge in [0.2, 0.25) is 5.91 Å². The predicted molar refractivity (Wildman–Crippen MR) is 65.2 cm³/mol. The quantitative estimate of drug-likeness (QED) is 0.699. The number of hydrogen-bond donors (Lipinski definition) is 2. The van der Waals surface area contributed by atoms with E-state index in [9.17, 15) is 4.79 Å².